The lowest BCUT2D eigenvalue weighted by Gasteiger charge is -2.65. The summed E-state index contributed by atoms with van der Waals surface area (Å²) < 4.78 is 6.01. The smallest absolute Gasteiger partial charge is 0.119 e. The minimum Gasteiger partial charge on any atom is -0.489 e. The van der Waals surface area contributed by atoms with Crippen molar-refractivity contribution in [3.8, 4) is 5.75 Å². The molecular formula is C27H36ClNO. The average molecular weight is 426 g/mol. The summed E-state index contributed by atoms with van der Waals surface area (Å²) in [5, 5.41) is 4.04. The van der Waals surface area contributed by atoms with E-state index in [0.29, 0.717) is 23.0 Å². The largest absolute Gasteiger partial charge is 0.489 e. The van der Waals surface area contributed by atoms with Gasteiger partial charge in [-0.2, -0.15) is 0 Å². The van der Waals surface area contributed by atoms with Gasteiger partial charge in [-0.3, -0.25) is 0 Å². The Hall–Kier alpha value is -1.51. The lowest BCUT2D eigenvalue weighted by atomic mass is 9.43. The highest BCUT2D eigenvalue weighted by molar-refractivity contribution is 5.85. The molecule has 4 aliphatic carbocycles. The summed E-state index contributed by atoms with van der Waals surface area (Å²) in [6.45, 7) is 8.83. The van der Waals surface area contributed by atoms with Gasteiger partial charge in [-0.15, -0.1) is 12.4 Å². The van der Waals surface area contributed by atoms with Gasteiger partial charge in [0.1, 0.15) is 12.4 Å². The highest BCUT2D eigenvalue weighted by Crippen LogP contribution is 2.66. The van der Waals surface area contributed by atoms with Gasteiger partial charge in [0.2, 0.25) is 0 Å². The van der Waals surface area contributed by atoms with Crippen LogP contribution in [-0.4, -0.2) is 5.54 Å². The van der Waals surface area contributed by atoms with Crippen LogP contribution in [0.25, 0.3) is 0 Å². The minimum atomic E-state index is 0. The Morgan fingerprint density at radius 2 is 1.57 bits per heavy atom. The van der Waals surface area contributed by atoms with E-state index in [4.69, 9.17) is 4.74 Å². The summed E-state index contributed by atoms with van der Waals surface area (Å²) in [6, 6.07) is 17.1. The molecule has 0 aromatic heterocycles. The van der Waals surface area contributed by atoms with Crippen LogP contribution in [0.2, 0.25) is 0 Å². The summed E-state index contributed by atoms with van der Waals surface area (Å²) in [5.41, 5.74) is 5.39. The molecule has 30 heavy (non-hydrogen) atoms. The van der Waals surface area contributed by atoms with Crippen LogP contribution in [-0.2, 0) is 13.2 Å². The van der Waals surface area contributed by atoms with Crippen LogP contribution in [0.1, 0.15) is 69.1 Å². The molecule has 2 nitrogen and oxygen atoms in total. The molecule has 4 saturated carbocycles. The van der Waals surface area contributed by atoms with Crippen LogP contribution in [0, 0.1) is 23.7 Å². The Labute approximate surface area is 188 Å². The Kier molecular flexibility index (Phi) is 5.70. The lowest BCUT2D eigenvalue weighted by molar-refractivity contribution is -0.118. The van der Waals surface area contributed by atoms with E-state index in [0.717, 1.165) is 18.2 Å². The topological polar surface area (TPSA) is 21.3 Å². The molecule has 0 radical (unpaired) electrons. The van der Waals surface area contributed by atoms with E-state index in [2.05, 4.69) is 74.6 Å². The van der Waals surface area contributed by atoms with E-state index in [9.17, 15) is 0 Å². The highest BCUT2D eigenvalue weighted by atomic mass is 35.5. The summed E-state index contributed by atoms with van der Waals surface area (Å²) in [4.78, 5) is 0. The molecule has 6 rings (SSSR count). The van der Waals surface area contributed by atoms with Gasteiger partial charge in [-0.05, 0) is 91.0 Å². The van der Waals surface area contributed by atoms with Crippen molar-refractivity contribution in [1.29, 1.82) is 0 Å². The molecule has 3 heteroatoms. The third-order valence-electron chi connectivity index (χ3n) is 7.87. The summed E-state index contributed by atoms with van der Waals surface area (Å²) >= 11 is 0. The number of aryl methyl sites for hydroxylation is 1. The van der Waals surface area contributed by atoms with Crippen LogP contribution in [0.3, 0.4) is 0 Å². The molecule has 0 saturated heterocycles. The maximum absolute atomic E-state index is 6.01. The van der Waals surface area contributed by atoms with E-state index >= 15 is 0 Å². The maximum atomic E-state index is 6.01. The van der Waals surface area contributed by atoms with Gasteiger partial charge < -0.3 is 10.1 Å². The maximum Gasteiger partial charge on any atom is 0.119 e. The molecular weight excluding hydrogens is 390 g/mol. The summed E-state index contributed by atoms with van der Waals surface area (Å²) in [6.07, 6.45) is 8.47. The van der Waals surface area contributed by atoms with Gasteiger partial charge in [-0.1, -0.05) is 50.2 Å². The zero-order valence-corrected chi connectivity index (χ0v) is 19.5. The predicted octanol–water partition coefficient (Wildman–Crippen LogP) is 6.83. The van der Waals surface area contributed by atoms with Crippen molar-refractivity contribution in [3.05, 3.63) is 65.2 Å². The first kappa shape index (κ1) is 21.7. The van der Waals surface area contributed by atoms with Gasteiger partial charge in [-0.25, -0.2) is 0 Å². The fraction of sp³-hybridized carbons (Fsp3) is 0.556. The summed E-state index contributed by atoms with van der Waals surface area (Å²) in [7, 11) is 0. The number of benzene rings is 2. The molecule has 4 fully saturated rings. The van der Waals surface area contributed by atoms with Crippen molar-refractivity contribution in [2.75, 3.05) is 0 Å². The second-order valence-corrected chi connectivity index (χ2v) is 11.1. The minimum absolute atomic E-state index is 0. The lowest BCUT2D eigenvalue weighted by Crippen LogP contribution is -2.63. The Morgan fingerprint density at radius 1 is 0.900 bits per heavy atom. The second kappa shape index (κ2) is 7.88. The monoisotopic (exact) mass is 425 g/mol. The van der Waals surface area contributed by atoms with Crippen LogP contribution < -0.4 is 10.1 Å². The van der Waals surface area contributed by atoms with Crippen LogP contribution in [0.4, 0.5) is 0 Å². The fourth-order valence-corrected chi connectivity index (χ4v) is 7.57. The SMILES string of the molecule is Cc1ccccc1COc1ccc(CNC23CC4CC(C)(CC(C)(C4)C2)C3)cc1.Cl. The second-order valence-electron chi connectivity index (χ2n) is 11.1. The number of hydrogen-bond acceptors (Lipinski definition) is 2. The van der Waals surface area contributed by atoms with Crippen LogP contribution in [0.15, 0.2) is 48.5 Å². The highest BCUT2D eigenvalue weighted by Gasteiger charge is 2.59. The van der Waals surface area contributed by atoms with Crippen molar-refractivity contribution in [2.45, 2.75) is 78.0 Å². The van der Waals surface area contributed by atoms with Crippen LogP contribution in [0.5, 0.6) is 5.75 Å². The Bertz CT molecular complexity index is 874. The number of halogens is 1. The average Bonchev–Trinajstić information content (AvgIpc) is 2.64. The Balaban J connectivity index is 0.00000218. The first-order chi connectivity index (χ1) is 13.8. The normalized spacial score (nSPS) is 33.9. The van der Waals surface area contributed by atoms with Crippen molar-refractivity contribution < 1.29 is 4.74 Å². The molecule has 4 bridgehead atoms. The van der Waals surface area contributed by atoms with E-state index in [1.165, 1.54) is 55.2 Å². The molecule has 0 aliphatic heterocycles. The molecule has 0 amide bonds. The van der Waals surface area contributed by atoms with E-state index < -0.39 is 0 Å². The van der Waals surface area contributed by atoms with E-state index in [-0.39, 0.29) is 12.4 Å². The molecule has 4 aliphatic rings. The third kappa shape index (κ3) is 4.27. The standard InChI is InChI=1S/C27H35NO.ClH/c1-20-6-4-5-7-23(20)16-29-24-10-8-21(9-11-24)15-28-27-14-22-12-25(2,18-27)17-26(3,13-22)19-27;/h4-11,22,28H,12-19H2,1-3H3;1H. The molecule has 2 atom stereocenters. The Morgan fingerprint density at radius 3 is 2.20 bits per heavy atom. The summed E-state index contributed by atoms with van der Waals surface area (Å²) in [5.74, 6) is 1.89. The van der Waals surface area contributed by atoms with Gasteiger partial charge in [0, 0.05) is 12.1 Å². The van der Waals surface area contributed by atoms with E-state index in [1.807, 2.05) is 0 Å². The fourth-order valence-electron chi connectivity index (χ4n) is 7.57. The van der Waals surface area contributed by atoms with Crippen molar-refractivity contribution in [3.63, 3.8) is 0 Å². The van der Waals surface area contributed by atoms with Crippen molar-refractivity contribution in [2.24, 2.45) is 16.7 Å². The number of hydrogen-bond donors (Lipinski definition) is 1. The van der Waals surface area contributed by atoms with Gasteiger partial charge in [0.25, 0.3) is 0 Å². The molecule has 0 heterocycles. The quantitative estimate of drug-likeness (QED) is 0.547. The number of ether oxygens (including phenoxy) is 1. The first-order valence-corrected chi connectivity index (χ1v) is 11.4. The van der Waals surface area contributed by atoms with Crippen molar-refractivity contribution in [1.82, 2.24) is 5.32 Å². The van der Waals surface area contributed by atoms with Gasteiger partial charge in [0.05, 0.1) is 0 Å². The molecule has 2 aromatic carbocycles. The first-order valence-electron chi connectivity index (χ1n) is 11.4. The molecule has 0 spiro atoms. The number of nitrogens with one attached hydrogen (secondary N) is 1. The predicted molar refractivity (Wildman–Crippen MR) is 126 cm³/mol. The molecule has 162 valence electrons. The van der Waals surface area contributed by atoms with Crippen molar-refractivity contribution >= 4 is 12.4 Å². The molecule has 2 aromatic rings. The zero-order chi connectivity index (χ0) is 20.1. The van der Waals surface area contributed by atoms with Gasteiger partial charge >= 0.3 is 0 Å². The van der Waals surface area contributed by atoms with Crippen LogP contribution >= 0.6 is 12.4 Å². The zero-order valence-electron chi connectivity index (χ0n) is 18.7. The third-order valence-corrected chi connectivity index (χ3v) is 7.87. The number of rotatable bonds is 6. The van der Waals surface area contributed by atoms with Gasteiger partial charge in [0.15, 0.2) is 0 Å². The molecule has 1 N–H and O–H groups in total. The molecule has 2 unspecified atom stereocenters. The van der Waals surface area contributed by atoms with E-state index in [1.54, 1.807) is 0 Å².